The fraction of sp³-hybridized carbons (Fsp3) is 0.500. The van der Waals surface area contributed by atoms with Crippen LogP contribution >= 0.6 is 27.7 Å². The van der Waals surface area contributed by atoms with Crippen molar-refractivity contribution in [1.82, 2.24) is 5.32 Å². The summed E-state index contributed by atoms with van der Waals surface area (Å²) in [5, 5.41) is 2.80. The van der Waals surface area contributed by atoms with Crippen LogP contribution in [0.25, 0.3) is 0 Å². The fourth-order valence-corrected chi connectivity index (χ4v) is 2.97. The van der Waals surface area contributed by atoms with Gasteiger partial charge in [0.05, 0.1) is 5.25 Å². The van der Waals surface area contributed by atoms with E-state index >= 15 is 0 Å². The van der Waals surface area contributed by atoms with Crippen LogP contribution in [0.2, 0.25) is 0 Å². The van der Waals surface area contributed by atoms with E-state index in [0.717, 1.165) is 10.0 Å². The standard InChI is InChI=1S/C14H19BrFNOS/c1-9(13(18)17-14(2,3)4)19-8-10-5-6-11(16)7-12(10)15/h5-7,9H,8H2,1-4H3,(H,17,18)/t9-/m1/s1. The summed E-state index contributed by atoms with van der Waals surface area (Å²) >= 11 is 4.86. The minimum atomic E-state index is -0.265. The number of amides is 1. The zero-order valence-electron chi connectivity index (χ0n) is 11.6. The maximum absolute atomic E-state index is 13.0. The van der Waals surface area contributed by atoms with E-state index < -0.39 is 0 Å². The molecule has 1 amide bonds. The molecule has 2 nitrogen and oxygen atoms in total. The first-order valence-electron chi connectivity index (χ1n) is 6.06. The Morgan fingerprint density at radius 1 is 1.47 bits per heavy atom. The molecule has 0 aliphatic rings. The Bertz CT molecular complexity index is 459. The van der Waals surface area contributed by atoms with E-state index in [1.165, 1.54) is 23.9 Å². The minimum Gasteiger partial charge on any atom is -0.351 e. The lowest BCUT2D eigenvalue weighted by Gasteiger charge is -2.23. The SMILES string of the molecule is C[C@@H](SCc1ccc(F)cc1Br)C(=O)NC(C)(C)C. The maximum Gasteiger partial charge on any atom is 0.233 e. The van der Waals surface area contributed by atoms with Crippen LogP contribution in [0.15, 0.2) is 22.7 Å². The molecule has 1 aromatic carbocycles. The fourth-order valence-electron chi connectivity index (χ4n) is 1.40. The minimum absolute atomic E-state index is 0.0238. The summed E-state index contributed by atoms with van der Waals surface area (Å²) < 4.78 is 13.7. The summed E-state index contributed by atoms with van der Waals surface area (Å²) in [7, 11) is 0. The van der Waals surface area contributed by atoms with Gasteiger partial charge < -0.3 is 5.32 Å². The van der Waals surface area contributed by atoms with Gasteiger partial charge in [-0.1, -0.05) is 22.0 Å². The van der Waals surface area contributed by atoms with Gasteiger partial charge in [-0.05, 0) is 45.4 Å². The number of nitrogens with one attached hydrogen (secondary N) is 1. The van der Waals surface area contributed by atoms with E-state index in [1.807, 2.05) is 27.7 Å². The highest BCUT2D eigenvalue weighted by Gasteiger charge is 2.19. The zero-order valence-corrected chi connectivity index (χ0v) is 14.0. The number of hydrogen-bond acceptors (Lipinski definition) is 2. The predicted molar refractivity (Wildman–Crippen MR) is 82.8 cm³/mol. The van der Waals surface area contributed by atoms with Crippen LogP contribution in [0.4, 0.5) is 4.39 Å². The van der Waals surface area contributed by atoms with Crippen LogP contribution in [-0.2, 0) is 10.5 Å². The molecule has 1 rings (SSSR count). The molecule has 0 radical (unpaired) electrons. The van der Waals surface area contributed by atoms with Gasteiger partial charge in [0, 0.05) is 15.8 Å². The van der Waals surface area contributed by atoms with Crippen molar-refractivity contribution >= 4 is 33.6 Å². The Morgan fingerprint density at radius 2 is 2.11 bits per heavy atom. The second-order valence-corrected chi connectivity index (χ2v) is 7.61. The van der Waals surface area contributed by atoms with E-state index in [1.54, 1.807) is 6.07 Å². The van der Waals surface area contributed by atoms with Crippen molar-refractivity contribution in [2.75, 3.05) is 0 Å². The molecular weight excluding hydrogens is 329 g/mol. The molecule has 1 aromatic rings. The number of halogens is 2. The monoisotopic (exact) mass is 347 g/mol. The molecular formula is C14H19BrFNOS. The lowest BCUT2D eigenvalue weighted by Crippen LogP contribution is -2.44. The largest absolute Gasteiger partial charge is 0.351 e. The van der Waals surface area contributed by atoms with E-state index in [0.29, 0.717) is 5.75 Å². The van der Waals surface area contributed by atoms with Crippen molar-refractivity contribution in [3.05, 3.63) is 34.1 Å². The summed E-state index contributed by atoms with van der Waals surface area (Å²) in [5.41, 5.74) is 0.768. The number of thioether (sulfide) groups is 1. The average molecular weight is 348 g/mol. The lowest BCUT2D eigenvalue weighted by atomic mass is 10.1. The van der Waals surface area contributed by atoms with E-state index in [2.05, 4.69) is 21.2 Å². The van der Waals surface area contributed by atoms with Gasteiger partial charge >= 0.3 is 0 Å². The van der Waals surface area contributed by atoms with Crippen molar-refractivity contribution in [1.29, 1.82) is 0 Å². The molecule has 106 valence electrons. The van der Waals surface area contributed by atoms with Gasteiger partial charge in [-0.3, -0.25) is 4.79 Å². The van der Waals surface area contributed by atoms with Crippen LogP contribution in [-0.4, -0.2) is 16.7 Å². The Balaban J connectivity index is 2.54. The molecule has 0 saturated carbocycles. The molecule has 0 aromatic heterocycles. The summed E-state index contributed by atoms with van der Waals surface area (Å²) in [6, 6.07) is 4.61. The Kier molecular flexibility index (Phi) is 5.86. The van der Waals surface area contributed by atoms with E-state index in [4.69, 9.17) is 0 Å². The third-order valence-corrected chi connectivity index (χ3v) is 4.30. The molecule has 0 heterocycles. The molecule has 5 heteroatoms. The number of rotatable bonds is 4. The van der Waals surface area contributed by atoms with Crippen LogP contribution in [0.5, 0.6) is 0 Å². The summed E-state index contributed by atoms with van der Waals surface area (Å²) in [6.07, 6.45) is 0. The van der Waals surface area contributed by atoms with Gasteiger partial charge in [-0.15, -0.1) is 11.8 Å². The molecule has 0 spiro atoms. The van der Waals surface area contributed by atoms with Crippen LogP contribution in [0.3, 0.4) is 0 Å². The first-order chi connectivity index (χ1) is 8.69. The molecule has 0 fully saturated rings. The third kappa shape index (κ3) is 5.95. The second kappa shape index (κ2) is 6.75. The molecule has 0 unspecified atom stereocenters. The van der Waals surface area contributed by atoms with Crippen molar-refractivity contribution in [2.24, 2.45) is 0 Å². The Labute approximate surface area is 126 Å². The van der Waals surface area contributed by atoms with Gasteiger partial charge in [0.1, 0.15) is 5.82 Å². The topological polar surface area (TPSA) is 29.1 Å². The number of carbonyl (C=O) groups is 1. The maximum atomic E-state index is 13.0. The summed E-state index contributed by atoms with van der Waals surface area (Å²) in [5.74, 6) is 0.425. The smallest absolute Gasteiger partial charge is 0.233 e. The summed E-state index contributed by atoms with van der Waals surface area (Å²) in [6.45, 7) is 7.75. The summed E-state index contributed by atoms with van der Waals surface area (Å²) in [4.78, 5) is 11.9. The van der Waals surface area contributed by atoms with Gasteiger partial charge in [0.25, 0.3) is 0 Å². The van der Waals surface area contributed by atoms with E-state index in [-0.39, 0.29) is 22.5 Å². The highest BCUT2D eigenvalue weighted by atomic mass is 79.9. The second-order valence-electron chi connectivity index (χ2n) is 5.43. The van der Waals surface area contributed by atoms with Crippen LogP contribution in [0, 0.1) is 5.82 Å². The molecule has 0 aliphatic heterocycles. The molecule has 0 bridgehead atoms. The number of benzene rings is 1. The van der Waals surface area contributed by atoms with Crippen molar-refractivity contribution < 1.29 is 9.18 Å². The number of carbonyl (C=O) groups excluding carboxylic acids is 1. The first-order valence-corrected chi connectivity index (χ1v) is 7.91. The molecule has 0 aliphatic carbocycles. The first kappa shape index (κ1) is 16.5. The molecule has 1 atom stereocenters. The normalized spacial score (nSPS) is 13.2. The van der Waals surface area contributed by atoms with Gasteiger partial charge in [0.15, 0.2) is 0 Å². The zero-order chi connectivity index (χ0) is 14.6. The molecule has 19 heavy (non-hydrogen) atoms. The molecule has 0 saturated heterocycles. The quantitative estimate of drug-likeness (QED) is 0.887. The Morgan fingerprint density at radius 3 is 2.63 bits per heavy atom. The Hall–Kier alpha value is -0.550. The third-order valence-electron chi connectivity index (χ3n) is 2.37. The van der Waals surface area contributed by atoms with Crippen LogP contribution < -0.4 is 5.32 Å². The highest BCUT2D eigenvalue weighted by Crippen LogP contribution is 2.25. The average Bonchev–Trinajstić information content (AvgIpc) is 2.25. The van der Waals surface area contributed by atoms with Crippen molar-refractivity contribution in [3.63, 3.8) is 0 Å². The van der Waals surface area contributed by atoms with E-state index in [9.17, 15) is 9.18 Å². The lowest BCUT2D eigenvalue weighted by molar-refractivity contribution is -0.121. The van der Waals surface area contributed by atoms with Crippen molar-refractivity contribution in [2.45, 2.75) is 44.2 Å². The highest BCUT2D eigenvalue weighted by molar-refractivity contribution is 9.10. The van der Waals surface area contributed by atoms with Gasteiger partial charge in [-0.25, -0.2) is 4.39 Å². The number of hydrogen-bond donors (Lipinski definition) is 1. The van der Waals surface area contributed by atoms with Gasteiger partial charge in [0.2, 0.25) is 5.91 Å². The molecule has 1 N–H and O–H groups in total. The van der Waals surface area contributed by atoms with Crippen LogP contribution in [0.1, 0.15) is 33.3 Å². The van der Waals surface area contributed by atoms with Gasteiger partial charge in [-0.2, -0.15) is 0 Å². The predicted octanol–water partition coefficient (Wildman–Crippen LogP) is 4.12. The van der Waals surface area contributed by atoms with Crippen molar-refractivity contribution in [3.8, 4) is 0 Å².